The normalized spacial score (nSPS) is 21.5. The first-order valence-corrected chi connectivity index (χ1v) is 10.0. The van der Waals surface area contributed by atoms with E-state index in [-0.39, 0.29) is 19.4 Å². The van der Waals surface area contributed by atoms with Crippen LogP contribution in [0.2, 0.25) is 0 Å². The third kappa shape index (κ3) is 5.63. The van der Waals surface area contributed by atoms with Crippen molar-refractivity contribution in [2.45, 2.75) is 51.4 Å². The number of hydrogen-bond acceptors (Lipinski definition) is 5. The number of likely N-dealkylation sites (tertiary alicyclic amines) is 1. The summed E-state index contributed by atoms with van der Waals surface area (Å²) in [5, 5.41) is 0. The highest BCUT2D eigenvalue weighted by atomic mass is 32.2. The number of carbonyl (C=O) groups excluding carboxylic acids is 1. The van der Waals surface area contributed by atoms with Crippen LogP contribution >= 0.6 is 0 Å². The van der Waals surface area contributed by atoms with E-state index in [0.29, 0.717) is 5.56 Å². The molecule has 2 unspecified atom stereocenters. The zero-order chi connectivity index (χ0) is 19.7. The number of halogens is 2. The number of ether oxygens (including phenoxy) is 1. The van der Waals surface area contributed by atoms with Gasteiger partial charge in [0.1, 0.15) is 5.60 Å². The van der Waals surface area contributed by atoms with Gasteiger partial charge in [-0.25, -0.2) is 13.6 Å². The minimum atomic E-state index is -3.68. The molecule has 9 heteroatoms. The number of piperidine rings is 1. The van der Waals surface area contributed by atoms with Gasteiger partial charge in [0.25, 0.3) is 10.1 Å². The summed E-state index contributed by atoms with van der Waals surface area (Å²) in [6.07, 6.45) is 0.0794. The van der Waals surface area contributed by atoms with Gasteiger partial charge in [-0.1, -0.05) is 6.07 Å². The summed E-state index contributed by atoms with van der Waals surface area (Å²) in [5.74, 6) is -2.05. The predicted molar refractivity (Wildman–Crippen MR) is 91.0 cm³/mol. The van der Waals surface area contributed by atoms with E-state index in [9.17, 15) is 22.0 Å². The smallest absolute Gasteiger partial charge is 0.410 e. The van der Waals surface area contributed by atoms with E-state index in [1.165, 1.54) is 11.0 Å². The van der Waals surface area contributed by atoms with Crippen LogP contribution in [0.25, 0.3) is 0 Å². The Labute approximate surface area is 152 Å². The third-order valence-electron chi connectivity index (χ3n) is 3.82. The fraction of sp³-hybridized carbons (Fsp3) is 0.588. The Kier molecular flexibility index (Phi) is 5.92. The Balaban J connectivity index is 2.31. The second-order valence-corrected chi connectivity index (χ2v) is 8.91. The summed E-state index contributed by atoms with van der Waals surface area (Å²) < 4.78 is 60.2. The van der Waals surface area contributed by atoms with Gasteiger partial charge in [0.05, 0.1) is 18.4 Å². The monoisotopic (exact) mass is 391 g/mol. The Morgan fingerprint density at radius 1 is 1.23 bits per heavy atom. The van der Waals surface area contributed by atoms with E-state index in [0.717, 1.165) is 18.4 Å². The molecule has 0 N–H and O–H groups in total. The van der Waals surface area contributed by atoms with Crippen molar-refractivity contribution in [3.63, 3.8) is 0 Å². The molecule has 26 heavy (non-hydrogen) atoms. The maximum Gasteiger partial charge on any atom is 0.410 e. The van der Waals surface area contributed by atoms with Gasteiger partial charge >= 0.3 is 6.09 Å². The second kappa shape index (κ2) is 7.48. The Morgan fingerprint density at radius 2 is 1.88 bits per heavy atom. The number of carbonyl (C=O) groups is 1. The van der Waals surface area contributed by atoms with E-state index < -0.39 is 45.6 Å². The maximum absolute atomic E-state index is 13.7. The van der Waals surface area contributed by atoms with Crippen molar-refractivity contribution in [2.75, 3.05) is 12.8 Å². The lowest BCUT2D eigenvalue weighted by Crippen LogP contribution is -2.45. The molecular weight excluding hydrogens is 368 g/mol. The Bertz CT molecular complexity index is 776. The van der Waals surface area contributed by atoms with Crippen LogP contribution in [-0.4, -0.2) is 43.9 Å². The van der Waals surface area contributed by atoms with Crippen LogP contribution in [0.15, 0.2) is 18.2 Å². The van der Waals surface area contributed by atoms with E-state index in [1.807, 2.05) is 0 Å². The van der Waals surface area contributed by atoms with Gasteiger partial charge in [-0.2, -0.15) is 8.42 Å². The SMILES string of the molecule is CC(C)(C)OC(=O)N1CCC(OS(C)(=O)=O)CC1c1ccc(F)c(F)c1. The molecular formula is C17H23F2NO5S. The first kappa shape index (κ1) is 20.6. The molecule has 1 aliphatic heterocycles. The highest BCUT2D eigenvalue weighted by molar-refractivity contribution is 7.86. The number of benzene rings is 1. The molecule has 0 aromatic heterocycles. The standard InChI is InChI=1S/C17H23F2NO5S/c1-17(2,3)24-16(21)20-8-7-12(25-26(4,22)23)10-15(20)11-5-6-13(18)14(19)9-11/h5-6,9,12,15H,7-8,10H2,1-4H3. The summed E-state index contributed by atoms with van der Waals surface area (Å²) in [4.78, 5) is 13.9. The van der Waals surface area contributed by atoms with E-state index in [2.05, 4.69) is 0 Å². The lowest BCUT2D eigenvalue weighted by molar-refractivity contribution is -0.00368. The minimum absolute atomic E-state index is 0.122. The summed E-state index contributed by atoms with van der Waals surface area (Å²) in [7, 11) is -3.68. The highest BCUT2D eigenvalue weighted by Gasteiger charge is 2.37. The van der Waals surface area contributed by atoms with Gasteiger partial charge in [-0.3, -0.25) is 4.18 Å². The fourth-order valence-electron chi connectivity index (χ4n) is 2.84. The second-order valence-electron chi connectivity index (χ2n) is 7.31. The molecule has 0 saturated carbocycles. The van der Waals surface area contributed by atoms with Crippen LogP contribution in [0.4, 0.5) is 13.6 Å². The lowest BCUT2D eigenvalue weighted by atomic mass is 9.93. The van der Waals surface area contributed by atoms with Gasteiger partial charge in [-0.05, 0) is 51.3 Å². The van der Waals surface area contributed by atoms with Gasteiger partial charge < -0.3 is 9.64 Å². The van der Waals surface area contributed by atoms with Crippen molar-refractivity contribution >= 4 is 16.2 Å². The first-order chi connectivity index (χ1) is 11.9. The molecule has 0 spiro atoms. The molecule has 0 radical (unpaired) electrons. The van der Waals surface area contributed by atoms with Crippen molar-refractivity contribution < 1.29 is 30.9 Å². The Hall–Kier alpha value is -1.74. The van der Waals surface area contributed by atoms with Crippen molar-refractivity contribution in [3.8, 4) is 0 Å². The largest absolute Gasteiger partial charge is 0.444 e. The zero-order valence-corrected chi connectivity index (χ0v) is 16.0. The number of amides is 1. The highest BCUT2D eigenvalue weighted by Crippen LogP contribution is 2.34. The summed E-state index contributed by atoms with van der Waals surface area (Å²) in [6.45, 7) is 5.32. The molecule has 0 bridgehead atoms. The van der Waals surface area contributed by atoms with Crippen LogP contribution in [0.3, 0.4) is 0 Å². The predicted octanol–water partition coefficient (Wildman–Crippen LogP) is 3.38. The van der Waals surface area contributed by atoms with Crippen molar-refractivity contribution in [1.82, 2.24) is 4.90 Å². The van der Waals surface area contributed by atoms with Crippen LogP contribution in [0.5, 0.6) is 0 Å². The summed E-state index contributed by atoms with van der Waals surface area (Å²) in [5.41, 5.74) is -0.382. The molecule has 6 nitrogen and oxygen atoms in total. The molecule has 1 aromatic carbocycles. The molecule has 1 amide bonds. The number of rotatable bonds is 3. The molecule has 1 saturated heterocycles. The lowest BCUT2D eigenvalue weighted by Gasteiger charge is -2.39. The molecule has 2 rings (SSSR count). The van der Waals surface area contributed by atoms with Crippen molar-refractivity contribution in [2.24, 2.45) is 0 Å². The molecule has 0 aliphatic carbocycles. The van der Waals surface area contributed by atoms with Crippen molar-refractivity contribution in [3.05, 3.63) is 35.4 Å². The summed E-state index contributed by atoms with van der Waals surface area (Å²) >= 11 is 0. The molecule has 146 valence electrons. The topological polar surface area (TPSA) is 72.9 Å². The number of hydrogen-bond donors (Lipinski definition) is 0. The Morgan fingerprint density at radius 3 is 2.42 bits per heavy atom. The van der Waals surface area contributed by atoms with Crippen LogP contribution in [0.1, 0.15) is 45.2 Å². The van der Waals surface area contributed by atoms with Gasteiger partial charge in [-0.15, -0.1) is 0 Å². The summed E-state index contributed by atoms with van der Waals surface area (Å²) in [6, 6.07) is 2.64. The van der Waals surface area contributed by atoms with E-state index in [4.69, 9.17) is 8.92 Å². The quantitative estimate of drug-likeness (QED) is 0.739. The average molecular weight is 391 g/mol. The molecule has 1 aliphatic rings. The molecule has 1 heterocycles. The van der Waals surface area contributed by atoms with Gasteiger partial charge in [0, 0.05) is 6.54 Å². The van der Waals surface area contributed by atoms with Crippen molar-refractivity contribution in [1.29, 1.82) is 0 Å². The zero-order valence-electron chi connectivity index (χ0n) is 15.2. The molecule has 1 aromatic rings. The number of nitrogens with zero attached hydrogens (tertiary/aromatic N) is 1. The van der Waals surface area contributed by atoms with Gasteiger partial charge in [0.15, 0.2) is 11.6 Å². The maximum atomic E-state index is 13.7. The molecule has 2 atom stereocenters. The minimum Gasteiger partial charge on any atom is -0.444 e. The molecule has 1 fully saturated rings. The van der Waals surface area contributed by atoms with E-state index in [1.54, 1.807) is 20.8 Å². The van der Waals surface area contributed by atoms with Gasteiger partial charge in [0.2, 0.25) is 0 Å². The average Bonchev–Trinajstić information content (AvgIpc) is 2.46. The first-order valence-electron chi connectivity index (χ1n) is 8.18. The fourth-order valence-corrected chi connectivity index (χ4v) is 3.51. The van der Waals surface area contributed by atoms with Crippen LogP contribution in [-0.2, 0) is 19.0 Å². The third-order valence-corrected chi connectivity index (χ3v) is 4.44. The van der Waals surface area contributed by atoms with E-state index >= 15 is 0 Å². The van der Waals surface area contributed by atoms with Crippen LogP contribution < -0.4 is 0 Å². The van der Waals surface area contributed by atoms with Crippen LogP contribution in [0, 0.1) is 11.6 Å².